The minimum atomic E-state index is -1.64. The van der Waals surface area contributed by atoms with Gasteiger partial charge in [-0.25, -0.2) is 10.1 Å². The van der Waals surface area contributed by atoms with E-state index in [4.69, 9.17) is 29.0 Å². The quantitative estimate of drug-likeness (QED) is 0.0782. The van der Waals surface area contributed by atoms with Crippen LogP contribution in [0.25, 0.3) is 21.9 Å². The zero-order chi connectivity index (χ0) is 31.9. The molecule has 12 nitrogen and oxygen atoms in total. The summed E-state index contributed by atoms with van der Waals surface area (Å²) in [7, 11) is 0.0929. The van der Waals surface area contributed by atoms with Gasteiger partial charge in [-0.3, -0.25) is 4.57 Å². The van der Waals surface area contributed by atoms with Gasteiger partial charge in [0.25, 0.3) is 0 Å². The van der Waals surface area contributed by atoms with E-state index < -0.39 is 20.8 Å². The van der Waals surface area contributed by atoms with Crippen molar-refractivity contribution in [2.75, 3.05) is 32.7 Å². The van der Waals surface area contributed by atoms with Crippen LogP contribution in [0.3, 0.4) is 0 Å². The minimum Gasteiger partial charge on any atom is -0.476 e. The second-order valence-corrected chi connectivity index (χ2v) is 11.1. The van der Waals surface area contributed by atoms with Gasteiger partial charge in [-0.1, -0.05) is 56.7 Å². The number of anilines is 1. The fourth-order valence-corrected chi connectivity index (χ4v) is 5.31. The van der Waals surface area contributed by atoms with E-state index >= 15 is 0 Å². The summed E-state index contributed by atoms with van der Waals surface area (Å²) >= 11 is 0. The molecular weight excluding hydrogens is 583 g/mol. The van der Waals surface area contributed by atoms with Crippen molar-refractivity contribution in [1.82, 2.24) is 24.6 Å². The van der Waals surface area contributed by atoms with E-state index in [1.165, 1.54) is 12.8 Å². The Kier molecular flexibility index (Phi) is 14.7. The van der Waals surface area contributed by atoms with Crippen LogP contribution in [0.1, 0.15) is 60.1 Å². The Labute approximate surface area is 260 Å². The molecule has 0 aliphatic heterocycles. The molecule has 44 heavy (non-hydrogen) atoms. The van der Waals surface area contributed by atoms with E-state index in [1.807, 2.05) is 63.2 Å². The van der Waals surface area contributed by atoms with E-state index in [9.17, 15) is 4.79 Å². The number of rotatable bonds is 17. The van der Waals surface area contributed by atoms with Crippen molar-refractivity contribution < 1.29 is 28.1 Å². The van der Waals surface area contributed by atoms with Crippen molar-refractivity contribution in [1.29, 1.82) is 0 Å². The number of fused-ring (bicyclic) bond motifs is 2. The number of unbranched alkanes of at least 4 members (excludes halogenated alkanes) is 1. The molecule has 3 N–H and O–H groups in total. The van der Waals surface area contributed by atoms with E-state index in [0.29, 0.717) is 35.8 Å². The predicted molar refractivity (Wildman–Crippen MR) is 174 cm³/mol. The lowest BCUT2D eigenvalue weighted by Crippen LogP contribution is -2.28. The van der Waals surface area contributed by atoms with Crippen molar-refractivity contribution in [3.05, 3.63) is 48.8 Å². The lowest BCUT2D eigenvalue weighted by atomic mass is 10.1. The highest BCUT2D eigenvalue weighted by Crippen LogP contribution is 2.39. The van der Waals surface area contributed by atoms with Crippen molar-refractivity contribution in [3.8, 4) is 11.6 Å². The third kappa shape index (κ3) is 10.1. The maximum atomic E-state index is 11.3. The van der Waals surface area contributed by atoms with E-state index in [-0.39, 0.29) is 18.7 Å². The molecule has 2 aromatic heterocycles. The highest BCUT2D eigenvalue weighted by Gasteiger charge is 2.23. The average Bonchev–Trinajstić information content (AvgIpc) is 3.46. The molecular formula is C31H45N6O6P. The SMILES string of the molecule is CCCCOC.CCOc1nc(N)nc2c1ncn2C(C)OC(CC)COP(N[C@@H](C)C=O)Oc1cccc2ccccc12. The number of hydrogen-bond donors (Lipinski definition) is 2. The smallest absolute Gasteiger partial charge is 0.318 e. The van der Waals surface area contributed by atoms with Gasteiger partial charge in [0.1, 0.15) is 18.3 Å². The number of nitrogens with two attached hydrogens (primary N) is 1. The number of aromatic nitrogens is 4. The Balaban J connectivity index is 0.000000801. The van der Waals surface area contributed by atoms with E-state index in [0.717, 1.165) is 23.7 Å². The van der Waals surface area contributed by atoms with Gasteiger partial charge in [-0.05, 0) is 45.1 Å². The number of imidazole rings is 1. The van der Waals surface area contributed by atoms with Crippen LogP contribution in [0.4, 0.5) is 5.95 Å². The third-order valence-corrected chi connectivity index (χ3v) is 7.81. The summed E-state index contributed by atoms with van der Waals surface area (Å²) in [6.45, 7) is 11.3. The van der Waals surface area contributed by atoms with Crippen LogP contribution in [-0.4, -0.2) is 64.9 Å². The van der Waals surface area contributed by atoms with Gasteiger partial charge in [0.2, 0.25) is 11.8 Å². The number of methoxy groups -OCH3 is 1. The Hall–Kier alpha value is -3.41. The van der Waals surface area contributed by atoms with Gasteiger partial charge < -0.3 is 33.8 Å². The summed E-state index contributed by atoms with van der Waals surface area (Å²) in [6, 6.07) is 13.3. The van der Waals surface area contributed by atoms with Crippen LogP contribution >= 0.6 is 8.53 Å². The number of nitrogens with zero attached hydrogens (tertiary/aromatic N) is 4. The Bertz CT molecular complexity index is 1430. The Morgan fingerprint density at radius 2 is 1.86 bits per heavy atom. The van der Waals surface area contributed by atoms with Crippen molar-refractivity contribution in [3.63, 3.8) is 0 Å². The monoisotopic (exact) mass is 628 g/mol. The average molecular weight is 629 g/mol. The molecule has 0 saturated heterocycles. The summed E-state index contributed by atoms with van der Waals surface area (Å²) in [4.78, 5) is 24.2. The summed E-state index contributed by atoms with van der Waals surface area (Å²) in [5, 5.41) is 5.14. The summed E-state index contributed by atoms with van der Waals surface area (Å²) in [5.41, 5.74) is 6.93. The number of carbonyl (C=O) groups is 1. The van der Waals surface area contributed by atoms with Gasteiger partial charge >= 0.3 is 8.53 Å². The van der Waals surface area contributed by atoms with Crippen molar-refractivity contribution in [2.45, 2.75) is 72.3 Å². The highest BCUT2D eigenvalue weighted by molar-refractivity contribution is 7.45. The third-order valence-electron chi connectivity index (χ3n) is 6.45. The molecule has 13 heteroatoms. The lowest BCUT2D eigenvalue weighted by molar-refractivity contribution is -0.108. The second-order valence-electron chi connectivity index (χ2n) is 9.93. The van der Waals surface area contributed by atoms with Crippen LogP contribution in [0.15, 0.2) is 48.8 Å². The number of nitrogen functional groups attached to an aromatic ring is 1. The molecule has 2 heterocycles. The molecule has 4 aromatic rings. The van der Waals surface area contributed by atoms with Crippen LogP contribution in [0.5, 0.6) is 11.6 Å². The summed E-state index contributed by atoms with van der Waals surface area (Å²) in [6.07, 6.45) is 4.84. The molecule has 0 bridgehead atoms. The molecule has 0 aliphatic rings. The largest absolute Gasteiger partial charge is 0.476 e. The Morgan fingerprint density at radius 3 is 2.55 bits per heavy atom. The van der Waals surface area contributed by atoms with E-state index in [1.54, 1.807) is 24.9 Å². The molecule has 240 valence electrons. The minimum absolute atomic E-state index is 0.0943. The first-order valence-electron chi connectivity index (χ1n) is 14.9. The fourth-order valence-electron chi connectivity index (χ4n) is 4.10. The first-order valence-corrected chi connectivity index (χ1v) is 16.1. The molecule has 0 aliphatic carbocycles. The number of hydrogen-bond acceptors (Lipinski definition) is 11. The van der Waals surface area contributed by atoms with Gasteiger partial charge in [0, 0.05) is 19.1 Å². The standard InChI is InChI=1S/C26H33N6O5P.C5H12O/c1-5-20(36-18(4)32-16-28-23-24(32)29-26(27)30-25(23)34-6-2)15-35-38(31-17(3)14-33)37-22-13-9-11-19-10-7-8-12-21(19)22;1-3-4-5-6-2/h7-14,16-18,20,31H,5-6,15H2,1-4H3,(H2,27,29,30);3-5H2,1-2H3/t17-,18?,20?,38?;/m0./s1. The zero-order valence-corrected chi connectivity index (χ0v) is 27.3. The number of ether oxygens (including phenoxy) is 3. The Morgan fingerprint density at radius 1 is 1.09 bits per heavy atom. The summed E-state index contributed by atoms with van der Waals surface area (Å²) < 4.78 is 30.8. The van der Waals surface area contributed by atoms with Gasteiger partial charge in [-0.15, -0.1) is 0 Å². The lowest BCUT2D eigenvalue weighted by Gasteiger charge is -2.25. The maximum absolute atomic E-state index is 11.3. The van der Waals surface area contributed by atoms with Crippen molar-refractivity contribution in [2.24, 2.45) is 0 Å². The predicted octanol–water partition coefficient (Wildman–Crippen LogP) is 6.21. The maximum Gasteiger partial charge on any atom is 0.318 e. The summed E-state index contributed by atoms with van der Waals surface area (Å²) in [5.74, 6) is 1.11. The molecule has 4 rings (SSSR count). The van der Waals surface area contributed by atoms with Crippen LogP contribution in [-0.2, 0) is 18.8 Å². The van der Waals surface area contributed by atoms with Crippen LogP contribution < -0.4 is 20.1 Å². The first kappa shape index (κ1) is 35.1. The molecule has 0 fully saturated rings. The molecule has 3 unspecified atom stereocenters. The molecule has 0 amide bonds. The van der Waals surface area contributed by atoms with Gasteiger partial charge in [0.15, 0.2) is 11.2 Å². The molecule has 0 spiro atoms. The van der Waals surface area contributed by atoms with Gasteiger partial charge in [-0.2, -0.15) is 9.97 Å². The fraction of sp³-hybridized carbons (Fsp3) is 0.484. The van der Waals surface area contributed by atoms with E-state index in [2.05, 4.69) is 27.0 Å². The normalized spacial score (nSPS) is 14.0. The highest BCUT2D eigenvalue weighted by atomic mass is 31.2. The first-order chi connectivity index (χ1) is 21.3. The molecule has 0 saturated carbocycles. The number of benzene rings is 2. The molecule has 4 atom stereocenters. The number of nitrogens with one attached hydrogen (secondary N) is 1. The molecule has 0 radical (unpaired) electrons. The van der Waals surface area contributed by atoms with Crippen LogP contribution in [0, 0.1) is 0 Å². The number of carbonyl (C=O) groups excluding carboxylic acids is 1. The molecule has 2 aromatic carbocycles. The number of aldehydes is 1. The topological polar surface area (TPSA) is 145 Å². The van der Waals surface area contributed by atoms with Crippen LogP contribution in [0.2, 0.25) is 0 Å². The second kappa shape index (κ2) is 18.4. The van der Waals surface area contributed by atoms with Crippen molar-refractivity contribution >= 4 is 42.7 Å². The zero-order valence-electron chi connectivity index (χ0n) is 26.4. The van der Waals surface area contributed by atoms with Gasteiger partial charge in [0.05, 0.1) is 31.7 Å².